The summed E-state index contributed by atoms with van der Waals surface area (Å²) >= 11 is 0. The summed E-state index contributed by atoms with van der Waals surface area (Å²) in [6.07, 6.45) is 4.22. The lowest BCUT2D eigenvalue weighted by molar-refractivity contribution is -0.120. The van der Waals surface area contributed by atoms with Gasteiger partial charge in [0.15, 0.2) is 5.89 Å². The van der Waals surface area contributed by atoms with Crippen LogP contribution in [0.25, 0.3) is 0 Å². The van der Waals surface area contributed by atoms with Crippen LogP contribution in [0.1, 0.15) is 49.4 Å². The van der Waals surface area contributed by atoms with Crippen molar-refractivity contribution in [3.05, 3.63) is 29.6 Å². The van der Waals surface area contributed by atoms with Gasteiger partial charge in [-0.05, 0) is 12.8 Å². The van der Waals surface area contributed by atoms with E-state index in [-0.39, 0.29) is 17.9 Å². The van der Waals surface area contributed by atoms with Crippen LogP contribution in [0.3, 0.4) is 0 Å². The summed E-state index contributed by atoms with van der Waals surface area (Å²) in [5.74, 6) is 2.10. The van der Waals surface area contributed by atoms with Gasteiger partial charge in [-0.1, -0.05) is 0 Å². The van der Waals surface area contributed by atoms with E-state index in [2.05, 4.69) is 25.8 Å². The van der Waals surface area contributed by atoms with E-state index in [1.807, 2.05) is 6.07 Å². The number of nitrogens with one attached hydrogen (secondary N) is 3. The fraction of sp³-hybridized carbons (Fsp3) is 0.500. The molecule has 0 aromatic carbocycles. The second-order valence-electron chi connectivity index (χ2n) is 6.17. The zero-order chi connectivity index (χ0) is 17.1. The predicted octanol–water partition coefficient (Wildman–Crippen LogP) is 1.66. The molecule has 1 aliphatic carbocycles. The Hall–Kier alpha value is -2.64. The van der Waals surface area contributed by atoms with Gasteiger partial charge in [0.1, 0.15) is 11.6 Å². The topological polar surface area (TPSA) is 113 Å². The molecule has 0 aliphatic heterocycles. The molecule has 1 fully saturated rings. The van der Waals surface area contributed by atoms with Gasteiger partial charge in [0.05, 0.1) is 11.9 Å². The van der Waals surface area contributed by atoms with Crippen molar-refractivity contribution in [3.63, 3.8) is 0 Å². The summed E-state index contributed by atoms with van der Waals surface area (Å²) in [4.78, 5) is 27.0. The van der Waals surface area contributed by atoms with E-state index in [1.54, 1.807) is 13.1 Å². The Morgan fingerprint density at radius 3 is 2.88 bits per heavy atom. The third-order valence-corrected chi connectivity index (χ3v) is 4.10. The normalized spacial score (nSPS) is 19.6. The second kappa shape index (κ2) is 6.86. The van der Waals surface area contributed by atoms with E-state index >= 15 is 0 Å². The fourth-order valence-electron chi connectivity index (χ4n) is 2.85. The minimum atomic E-state index is -0.107. The Morgan fingerprint density at radius 2 is 2.21 bits per heavy atom. The minimum Gasteiger partial charge on any atom is -0.446 e. The summed E-state index contributed by atoms with van der Waals surface area (Å²) in [6, 6.07) is 2.08. The molecule has 0 spiro atoms. The zero-order valence-electron chi connectivity index (χ0n) is 13.8. The number of nitrogens with zero attached hydrogens (tertiary/aromatic N) is 2. The lowest BCUT2D eigenvalue weighted by Crippen LogP contribution is -2.42. The van der Waals surface area contributed by atoms with Gasteiger partial charge in [0, 0.05) is 44.7 Å². The maximum absolute atomic E-state index is 12.0. The van der Waals surface area contributed by atoms with Crippen molar-refractivity contribution in [3.8, 4) is 0 Å². The molecule has 2 heterocycles. The molecule has 2 aromatic rings. The van der Waals surface area contributed by atoms with E-state index < -0.39 is 0 Å². The number of oxazole rings is 1. The molecule has 2 aromatic heterocycles. The first-order valence-electron chi connectivity index (χ1n) is 8.03. The molecular formula is C16H21N5O3. The molecule has 0 bridgehead atoms. The van der Waals surface area contributed by atoms with Gasteiger partial charge in [-0.3, -0.25) is 14.7 Å². The molecule has 0 atom stereocenters. The molecule has 1 aliphatic rings. The lowest BCUT2D eigenvalue weighted by atomic mass is 9.78. The smallest absolute Gasteiger partial charge is 0.225 e. The first-order valence-corrected chi connectivity index (χ1v) is 8.03. The average Bonchev–Trinajstić information content (AvgIpc) is 3.09. The molecule has 0 saturated heterocycles. The maximum atomic E-state index is 12.0. The lowest BCUT2D eigenvalue weighted by Gasteiger charge is -2.34. The van der Waals surface area contributed by atoms with Crippen LogP contribution < -0.4 is 10.6 Å². The van der Waals surface area contributed by atoms with Crippen molar-refractivity contribution in [2.24, 2.45) is 0 Å². The minimum absolute atomic E-state index is 0.00428. The molecule has 128 valence electrons. The molecule has 3 rings (SSSR count). The quantitative estimate of drug-likeness (QED) is 0.745. The summed E-state index contributed by atoms with van der Waals surface area (Å²) in [5, 5.41) is 12.8. The first kappa shape index (κ1) is 16.2. The summed E-state index contributed by atoms with van der Waals surface area (Å²) in [5.41, 5.74) is 0.915. The summed E-state index contributed by atoms with van der Waals surface area (Å²) in [6.45, 7) is 3.29. The van der Waals surface area contributed by atoms with Crippen molar-refractivity contribution >= 4 is 17.6 Å². The summed E-state index contributed by atoms with van der Waals surface area (Å²) < 4.78 is 5.34. The van der Waals surface area contributed by atoms with Crippen LogP contribution in [0, 0.1) is 6.92 Å². The highest BCUT2D eigenvalue weighted by Gasteiger charge is 2.32. The number of carbonyl (C=O) groups is 2. The van der Waals surface area contributed by atoms with E-state index in [4.69, 9.17) is 4.42 Å². The molecular weight excluding hydrogens is 310 g/mol. The van der Waals surface area contributed by atoms with Crippen molar-refractivity contribution in [2.45, 2.75) is 51.5 Å². The van der Waals surface area contributed by atoms with Gasteiger partial charge in [-0.25, -0.2) is 4.98 Å². The highest BCUT2D eigenvalue weighted by molar-refractivity contribution is 5.89. The van der Waals surface area contributed by atoms with E-state index in [9.17, 15) is 9.59 Å². The summed E-state index contributed by atoms with van der Waals surface area (Å²) in [7, 11) is 0. The van der Waals surface area contributed by atoms with Gasteiger partial charge in [-0.2, -0.15) is 5.10 Å². The number of aromatic amines is 1. The van der Waals surface area contributed by atoms with Crippen molar-refractivity contribution in [1.29, 1.82) is 0 Å². The van der Waals surface area contributed by atoms with Gasteiger partial charge >= 0.3 is 0 Å². The number of carbonyl (C=O) groups excluding carboxylic acids is 2. The van der Waals surface area contributed by atoms with Crippen LogP contribution in [0.5, 0.6) is 0 Å². The molecule has 1 saturated carbocycles. The van der Waals surface area contributed by atoms with Crippen molar-refractivity contribution < 1.29 is 14.0 Å². The van der Waals surface area contributed by atoms with E-state index in [0.717, 1.165) is 18.5 Å². The predicted molar refractivity (Wildman–Crippen MR) is 86.4 cm³/mol. The largest absolute Gasteiger partial charge is 0.446 e. The standard InChI is InChI=1S/C16H21N5O3/c1-9(22)18-12-5-11(6-12)14-7-15(21-20-14)19-16(23)4-3-13-8-17-10(2)24-13/h7-8,11-12H,3-6H2,1-2H3,(H,18,22)(H2,19,20,21,23)/t11-,12+. The first-order chi connectivity index (χ1) is 11.5. The molecule has 8 heteroatoms. The molecule has 3 N–H and O–H groups in total. The Labute approximate surface area is 139 Å². The van der Waals surface area contributed by atoms with Gasteiger partial charge in [0.2, 0.25) is 11.8 Å². The van der Waals surface area contributed by atoms with Crippen LogP contribution in [0.15, 0.2) is 16.7 Å². The number of H-pyrrole nitrogens is 1. The van der Waals surface area contributed by atoms with Gasteiger partial charge in [-0.15, -0.1) is 0 Å². The third kappa shape index (κ3) is 4.01. The van der Waals surface area contributed by atoms with Crippen LogP contribution >= 0.6 is 0 Å². The van der Waals surface area contributed by atoms with E-state index in [1.165, 1.54) is 6.92 Å². The molecule has 2 amide bonds. The van der Waals surface area contributed by atoms with E-state index in [0.29, 0.717) is 36.2 Å². The number of rotatable bonds is 6. The van der Waals surface area contributed by atoms with Gasteiger partial charge < -0.3 is 15.1 Å². The highest BCUT2D eigenvalue weighted by Crippen LogP contribution is 2.36. The highest BCUT2D eigenvalue weighted by atomic mass is 16.4. The SMILES string of the molecule is CC(=O)N[C@H]1C[C@@H](c2cc(NC(=O)CCc3cnc(C)o3)[nH]n2)C1. The van der Waals surface area contributed by atoms with Crippen LogP contribution in [-0.4, -0.2) is 33.0 Å². The Kier molecular flexibility index (Phi) is 4.64. The Bertz CT molecular complexity index is 730. The number of aryl methyl sites for hydroxylation is 2. The molecule has 0 unspecified atom stereocenters. The molecule has 24 heavy (non-hydrogen) atoms. The monoisotopic (exact) mass is 331 g/mol. The fourth-order valence-corrected chi connectivity index (χ4v) is 2.85. The van der Waals surface area contributed by atoms with Crippen molar-refractivity contribution in [1.82, 2.24) is 20.5 Å². The van der Waals surface area contributed by atoms with Crippen LogP contribution in [0.4, 0.5) is 5.82 Å². The van der Waals surface area contributed by atoms with Crippen LogP contribution in [-0.2, 0) is 16.0 Å². The second-order valence-corrected chi connectivity index (χ2v) is 6.17. The maximum Gasteiger partial charge on any atom is 0.225 e. The number of hydrogen-bond donors (Lipinski definition) is 3. The molecule has 0 radical (unpaired) electrons. The molecule has 8 nitrogen and oxygen atoms in total. The Morgan fingerprint density at radius 1 is 1.42 bits per heavy atom. The Balaban J connectivity index is 1.44. The van der Waals surface area contributed by atoms with Gasteiger partial charge in [0.25, 0.3) is 0 Å². The van der Waals surface area contributed by atoms with Crippen molar-refractivity contribution in [2.75, 3.05) is 5.32 Å². The number of aromatic nitrogens is 3. The third-order valence-electron chi connectivity index (χ3n) is 4.10. The average molecular weight is 331 g/mol. The van der Waals surface area contributed by atoms with Crippen LogP contribution in [0.2, 0.25) is 0 Å². The number of amides is 2. The number of hydrogen-bond acceptors (Lipinski definition) is 5. The zero-order valence-corrected chi connectivity index (χ0v) is 13.8. The number of anilines is 1.